The number of likely N-dealkylation sites (N-methyl/N-ethyl adjacent to an activating group) is 1. The summed E-state index contributed by atoms with van der Waals surface area (Å²) < 4.78 is 1.91. The van der Waals surface area contributed by atoms with E-state index < -0.39 is 5.54 Å². The molecule has 1 aromatic rings. The van der Waals surface area contributed by atoms with E-state index in [0.29, 0.717) is 0 Å². The molecule has 5 heteroatoms. The number of hydrogen-bond acceptors (Lipinski definition) is 3. The molecule has 1 aliphatic rings. The monoisotopic (exact) mass is 222 g/mol. The average Bonchev–Trinajstić information content (AvgIpc) is 2.74. The van der Waals surface area contributed by atoms with Gasteiger partial charge in [-0.05, 0) is 20.3 Å². The van der Waals surface area contributed by atoms with Crippen molar-refractivity contribution < 1.29 is 4.79 Å². The molecule has 5 nitrogen and oxygen atoms in total. The van der Waals surface area contributed by atoms with Crippen LogP contribution < -0.4 is 5.73 Å². The van der Waals surface area contributed by atoms with E-state index in [2.05, 4.69) is 4.98 Å². The van der Waals surface area contributed by atoms with Gasteiger partial charge < -0.3 is 15.2 Å². The van der Waals surface area contributed by atoms with Gasteiger partial charge in [-0.25, -0.2) is 4.98 Å². The van der Waals surface area contributed by atoms with Gasteiger partial charge in [0.2, 0.25) is 5.91 Å². The summed E-state index contributed by atoms with van der Waals surface area (Å²) in [6.45, 7) is 4.64. The third kappa shape index (κ3) is 1.71. The second kappa shape index (κ2) is 3.59. The lowest BCUT2D eigenvalue weighted by atomic mass is 10.0. The molecule has 2 rings (SSSR count). The van der Waals surface area contributed by atoms with Crippen LogP contribution in [-0.2, 0) is 10.3 Å². The Bertz CT molecular complexity index is 404. The van der Waals surface area contributed by atoms with Crippen molar-refractivity contribution in [2.45, 2.75) is 31.8 Å². The minimum Gasteiger partial charge on any atom is -0.344 e. The molecule has 1 unspecified atom stereocenters. The van der Waals surface area contributed by atoms with Crippen molar-refractivity contribution in [2.75, 3.05) is 13.6 Å². The number of carbonyl (C=O) groups excluding carboxylic acids is 1. The highest BCUT2D eigenvalue weighted by Gasteiger charge is 2.33. The van der Waals surface area contributed by atoms with Crippen molar-refractivity contribution in [1.29, 1.82) is 0 Å². The first kappa shape index (κ1) is 11.1. The van der Waals surface area contributed by atoms with Crippen LogP contribution in [0, 0.1) is 0 Å². The SMILES string of the molecule is CN1CCC(n2cncc2C(C)(C)N)C1=O. The fraction of sp³-hybridized carbons (Fsp3) is 0.636. The zero-order chi connectivity index (χ0) is 11.9. The van der Waals surface area contributed by atoms with E-state index >= 15 is 0 Å². The summed E-state index contributed by atoms with van der Waals surface area (Å²) in [4.78, 5) is 17.8. The highest BCUT2D eigenvalue weighted by molar-refractivity contribution is 5.82. The van der Waals surface area contributed by atoms with Gasteiger partial charge in [-0.15, -0.1) is 0 Å². The highest BCUT2D eigenvalue weighted by atomic mass is 16.2. The van der Waals surface area contributed by atoms with Gasteiger partial charge in [-0.2, -0.15) is 0 Å². The molecule has 16 heavy (non-hydrogen) atoms. The quantitative estimate of drug-likeness (QED) is 0.791. The fourth-order valence-corrected chi connectivity index (χ4v) is 2.11. The maximum absolute atomic E-state index is 11.9. The Morgan fingerprint density at radius 2 is 2.25 bits per heavy atom. The fourth-order valence-electron chi connectivity index (χ4n) is 2.11. The van der Waals surface area contributed by atoms with Crippen LogP contribution >= 0.6 is 0 Å². The van der Waals surface area contributed by atoms with Crippen LogP contribution in [0.5, 0.6) is 0 Å². The van der Waals surface area contributed by atoms with Crippen LogP contribution in [0.3, 0.4) is 0 Å². The van der Waals surface area contributed by atoms with Gasteiger partial charge in [0.15, 0.2) is 0 Å². The molecular formula is C11H18N4O. The Labute approximate surface area is 95.2 Å². The molecule has 0 aliphatic carbocycles. The molecule has 1 amide bonds. The summed E-state index contributed by atoms with van der Waals surface area (Å²) in [6, 6.07) is -0.134. The summed E-state index contributed by atoms with van der Waals surface area (Å²) in [5.41, 5.74) is 6.49. The van der Waals surface area contributed by atoms with Gasteiger partial charge in [0.1, 0.15) is 6.04 Å². The van der Waals surface area contributed by atoms with Crippen molar-refractivity contribution in [3.05, 3.63) is 18.2 Å². The Balaban J connectivity index is 2.35. The first-order valence-corrected chi connectivity index (χ1v) is 5.47. The minimum absolute atomic E-state index is 0.134. The topological polar surface area (TPSA) is 64.2 Å². The molecule has 1 aromatic heterocycles. The normalized spacial score (nSPS) is 21.9. The van der Waals surface area contributed by atoms with E-state index in [9.17, 15) is 4.79 Å². The molecule has 0 bridgehead atoms. The molecule has 0 saturated carbocycles. The Hall–Kier alpha value is -1.36. The van der Waals surface area contributed by atoms with E-state index in [4.69, 9.17) is 5.73 Å². The standard InChI is InChI=1S/C11H18N4O/c1-11(2,12)9-6-13-7-15(9)8-4-5-14(3)10(8)16/h6-8H,4-5,12H2,1-3H3. The van der Waals surface area contributed by atoms with Crippen molar-refractivity contribution in [2.24, 2.45) is 5.73 Å². The molecule has 1 saturated heterocycles. The van der Waals surface area contributed by atoms with Crippen LogP contribution in [0.2, 0.25) is 0 Å². The first-order chi connectivity index (χ1) is 7.41. The van der Waals surface area contributed by atoms with Crippen molar-refractivity contribution in [3.8, 4) is 0 Å². The molecule has 2 heterocycles. The molecule has 1 aliphatic heterocycles. The molecule has 1 atom stereocenters. The lowest BCUT2D eigenvalue weighted by Crippen LogP contribution is -2.34. The Morgan fingerprint density at radius 3 is 2.75 bits per heavy atom. The van der Waals surface area contributed by atoms with Crippen molar-refractivity contribution in [3.63, 3.8) is 0 Å². The number of amides is 1. The molecule has 0 spiro atoms. The van der Waals surface area contributed by atoms with E-state index in [0.717, 1.165) is 18.7 Å². The number of imidazole rings is 1. The van der Waals surface area contributed by atoms with Gasteiger partial charge in [0, 0.05) is 13.6 Å². The molecule has 2 N–H and O–H groups in total. The minimum atomic E-state index is -0.474. The number of likely N-dealkylation sites (tertiary alicyclic amines) is 1. The smallest absolute Gasteiger partial charge is 0.245 e. The van der Waals surface area contributed by atoms with Crippen LogP contribution in [-0.4, -0.2) is 34.0 Å². The number of nitrogens with zero attached hydrogens (tertiary/aromatic N) is 3. The Kier molecular flexibility index (Phi) is 2.50. The number of carbonyl (C=O) groups is 1. The lowest BCUT2D eigenvalue weighted by Gasteiger charge is -2.23. The number of rotatable bonds is 2. The molecule has 1 fully saturated rings. The molecule has 0 aromatic carbocycles. The summed E-state index contributed by atoms with van der Waals surface area (Å²) in [5, 5.41) is 0. The maximum Gasteiger partial charge on any atom is 0.245 e. The molecule has 88 valence electrons. The number of hydrogen-bond donors (Lipinski definition) is 1. The second-order valence-corrected chi connectivity index (χ2v) is 4.97. The van der Waals surface area contributed by atoms with Crippen LogP contribution in [0.1, 0.15) is 32.0 Å². The largest absolute Gasteiger partial charge is 0.344 e. The molecule has 0 radical (unpaired) electrons. The van der Waals surface area contributed by atoms with E-state index in [-0.39, 0.29) is 11.9 Å². The van der Waals surface area contributed by atoms with Crippen LogP contribution in [0.4, 0.5) is 0 Å². The van der Waals surface area contributed by atoms with E-state index in [1.807, 2.05) is 25.5 Å². The predicted molar refractivity (Wildman–Crippen MR) is 60.7 cm³/mol. The van der Waals surface area contributed by atoms with Gasteiger partial charge in [-0.1, -0.05) is 0 Å². The summed E-state index contributed by atoms with van der Waals surface area (Å²) in [7, 11) is 1.83. The van der Waals surface area contributed by atoms with E-state index in [1.54, 1.807) is 17.4 Å². The van der Waals surface area contributed by atoms with Crippen molar-refractivity contribution in [1.82, 2.24) is 14.5 Å². The average molecular weight is 222 g/mol. The van der Waals surface area contributed by atoms with Crippen LogP contribution in [0.25, 0.3) is 0 Å². The zero-order valence-electron chi connectivity index (χ0n) is 9.97. The third-order valence-corrected chi connectivity index (χ3v) is 3.06. The van der Waals surface area contributed by atoms with Crippen molar-refractivity contribution >= 4 is 5.91 Å². The Morgan fingerprint density at radius 1 is 1.56 bits per heavy atom. The van der Waals surface area contributed by atoms with Gasteiger partial charge in [0.05, 0.1) is 23.8 Å². The highest BCUT2D eigenvalue weighted by Crippen LogP contribution is 2.27. The summed E-state index contributed by atoms with van der Waals surface area (Å²) in [6.07, 6.45) is 4.27. The number of aromatic nitrogens is 2. The predicted octanol–water partition coefficient (Wildman–Crippen LogP) is 0.480. The van der Waals surface area contributed by atoms with Gasteiger partial charge >= 0.3 is 0 Å². The molecular weight excluding hydrogens is 204 g/mol. The third-order valence-electron chi connectivity index (χ3n) is 3.06. The maximum atomic E-state index is 11.9. The lowest BCUT2D eigenvalue weighted by molar-refractivity contribution is -0.129. The summed E-state index contributed by atoms with van der Waals surface area (Å²) >= 11 is 0. The second-order valence-electron chi connectivity index (χ2n) is 4.97. The number of nitrogens with two attached hydrogens (primary N) is 1. The first-order valence-electron chi connectivity index (χ1n) is 5.47. The van der Waals surface area contributed by atoms with Gasteiger partial charge in [0.25, 0.3) is 0 Å². The van der Waals surface area contributed by atoms with Gasteiger partial charge in [-0.3, -0.25) is 4.79 Å². The van der Waals surface area contributed by atoms with Crippen LogP contribution in [0.15, 0.2) is 12.5 Å². The zero-order valence-corrected chi connectivity index (χ0v) is 9.97. The summed E-state index contributed by atoms with van der Waals surface area (Å²) in [5.74, 6) is 0.142. The van der Waals surface area contributed by atoms with E-state index in [1.165, 1.54) is 0 Å².